The second kappa shape index (κ2) is 7.49. The largest absolute Gasteiger partial charge is 0.451 e. The summed E-state index contributed by atoms with van der Waals surface area (Å²) in [5.74, 6) is -0.751. The number of hydrogen-bond donors (Lipinski definition) is 1. The first-order chi connectivity index (χ1) is 10.6. The van der Waals surface area contributed by atoms with E-state index in [9.17, 15) is 9.59 Å². The monoisotopic (exact) mass is 300 g/mol. The fraction of sp³-hybridized carbons (Fsp3) is 0.176. The van der Waals surface area contributed by atoms with Gasteiger partial charge in [0.05, 0.1) is 12.7 Å². The van der Waals surface area contributed by atoms with Gasteiger partial charge in [-0.15, -0.1) is 0 Å². The Morgan fingerprint density at radius 2 is 1.59 bits per heavy atom. The van der Waals surface area contributed by atoms with Gasteiger partial charge >= 0.3 is 5.97 Å². The summed E-state index contributed by atoms with van der Waals surface area (Å²) in [4.78, 5) is 29.1. The van der Waals surface area contributed by atoms with Gasteiger partial charge in [-0.3, -0.25) is 4.79 Å². The molecule has 0 saturated heterocycles. The van der Waals surface area contributed by atoms with E-state index in [0.717, 1.165) is 5.69 Å². The lowest BCUT2D eigenvalue weighted by molar-refractivity contribution is -0.830. The Hall–Kier alpha value is -2.50. The quantitative estimate of drug-likeness (QED) is 0.383. The van der Waals surface area contributed by atoms with Crippen molar-refractivity contribution < 1.29 is 24.6 Å². The third-order valence-corrected chi connectivity index (χ3v) is 3.11. The molecule has 2 rings (SSSR count). The van der Waals surface area contributed by atoms with Crippen LogP contribution in [0.1, 0.15) is 27.6 Å². The molecule has 0 aliphatic heterocycles. The molecule has 22 heavy (non-hydrogen) atoms. The third-order valence-electron chi connectivity index (χ3n) is 3.11. The lowest BCUT2D eigenvalue weighted by atomic mass is 10.1. The highest BCUT2D eigenvalue weighted by Gasteiger charge is 2.20. The van der Waals surface area contributed by atoms with Crippen LogP contribution in [0.4, 0.5) is 5.69 Å². The molecule has 2 N–H and O–H groups in total. The number of benzene rings is 2. The van der Waals surface area contributed by atoms with E-state index in [4.69, 9.17) is 9.57 Å². The number of ether oxygens (including phenoxy) is 1. The van der Waals surface area contributed by atoms with Gasteiger partial charge < -0.3 is 4.74 Å². The Labute approximate surface area is 128 Å². The number of Topliss-reactive ketones (excluding diaryl/α,β-unsaturated/α-hetero) is 1. The summed E-state index contributed by atoms with van der Waals surface area (Å²) >= 11 is 0. The molecule has 2 aromatic carbocycles. The normalized spacial score (nSPS) is 11.7. The van der Waals surface area contributed by atoms with Gasteiger partial charge in [0.15, 0.2) is 11.8 Å². The average molecular weight is 300 g/mol. The van der Waals surface area contributed by atoms with Gasteiger partial charge in [-0.2, -0.15) is 5.48 Å². The minimum atomic E-state index is -0.833. The standard InChI is InChI=1S/C17H17NO4/c1-12(16(19)13-6-4-3-5-7-13)22-17(20)14-8-10-15(11-9-14)18-21-2/h3-12,18H,1-2H3/p+1. The first-order valence-corrected chi connectivity index (χ1v) is 6.88. The molecule has 0 heterocycles. The van der Waals surface area contributed by atoms with E-state index < -0.39 is 12.1 Å². The van der Waals surface area contributed by atoms with E-state index >= 15 is 0 Å². The molecule has 0 aliphatic carbocycles. The van der Waals surface area contributed by atoms with Crippen LogP contribution >= 0.6 is 0 Å². The van der Waals surface area contributed by atoms with Crippen molar-refractivity contribution in [2.45, 2.75) is 13.0 Å². The van der Waals surface area contributed by atoms with Crippen LogP contribution < -0.4 is 5.48 Å². The predicted octanol–water partition coefficient (Wildman–Crippen LogP) is 1.87. The number of esters is 1. The van der Waals surface area contributed by atoms with Crippen LogP contribution in [0.25, 0.3) is 0 Å². The Morgan fingerprint density at radius 3 is 2.18 bits per heavy atom. The van der Waals surface area contributed by atoms with Crippen LogP contribution in [0.2, 0.25) is 0 Å². The van der Waals surface area contributed by atoms with Crippen molar-refractivity contribution in [3.63, 3.8) is 0 Å². The molecule has 0 aliphatic rings. The zero-order valence-corrected chi connectivity index (χ0v) is 12.5. The molecule has 2 aromatic rings. The maximum atomic E-state index is 12.2. The van der Waals surface area contributed by atoms with E-state index in [1.54, 1.807) is 68.0 Å². The molecule has 0 aromatic heterocycles. The molecule has 0 saturated carbocycles. The lowest BCUT2D eigenvalue weighted by Gasteiger charge is -2.12. The van der Waals surface area contributed by atoms with E-state index in [-0.39, 0.29) is 5.78 Å². The van der Waals surface area contributed by atoms with Gasteiger partial charge in [0.1, 0.15) is 0 Å². The van der Waals surface area contributed by atoms with Crippen LogP contribution in [0.15, 0.2) is 54.6 Å². The van der Waals surface area contributed by atoms with Crippen molar-refractivity contribution in [1.29, 1.82) is 0 Å². The Bertz CT molecular complexity index is 637. The molecule has 1 unspecified atom stereocenters. The number of rotatable bonds is 6. The maximum Gasteiger partial charge on any atom is 0.338 e. The van der Waals surface area contributed by atoms with E-state index in [0.29, 0.717) is 11.1 Å². The number of carbonyl (C=O) groups is 2. The number of carbonyl (C=O) groups excluding carboxylic acids is 2. The lowest BCUT2D eigenvalue weighted by Crippen LogP contribution is -2.75. The predicted molar refractivity (Wildman–Crippen MR) is 80.7 cm³/mol. The molecule has 114 valence electrons. The minimum absolute atomic E-state index is 0.224. The van der Waals surface area contributed by atoms with E-state index in [1.807, 2.05) is 6.07 Å². The van der Waals surface area contributed by atoms with Gasteiger partial charge in [-0.05, 0) is 19.1 Å². The van der Waals surface area contributed by atoms with Gasteiger partial charge in [0, 0.05) is 17.7 Å². The third kappa shape index (κ3) is 4.00. The van der Waals surface area contributed by atoms with Crippen LogP contribution in [0, 0.1) is 0 Å². The first-order valence-electron chi connectivity index (χ1n) is 6.88. The number of ketones is 1. The molecule has 0 fully saturated rings. The zero-order chi connectivity index (χ0) is 15.9. The highest BCUT2D eigenvalue weighted by Crippen LogP contribution is 2.11. The first kappa shape index (κ1) is 15.9. The molecule has 0 amide bonds. The van der Waals surface area contributed by atoms with Crippen molar-refractivity contribution in [3.05, 3.63) is 65.7 Å². The molecule has 1 atom stereocenters. The summed E-state index contributed by atoms with van der Waals surface area (Å²) in [7, 11) is 1.55. The fourth-order valence-corrected chi connectivity index (χ4v) is 1.95. The summed E-state index contributed by atoms with van der Waals surface area (Å²) in [5, 5.41) is 0. The Kier molecular flexibility index (Phi) is 5.41. The summed E-state index contributed by atoms with van der Waals surface area (Å²) in [5.41, 5.74) is 3.32. The SMILES string of the molecule is CO[NH2+]c1ccc(C(=O)OC(C)C(=O)c2ccccc2)cc1. The zero-order valence-electron chi connectivity index (χ0n) is 12.5. The van der Waals surface area contributed by atoms with E-state index in [1.165, 1.54) is 0 Å². The topological polar surface area (TPSA) is 69.2 Å². The Morgan fingerprint density at radius 1 is 0.955 bits per heavy atom. The fourth-order valence-electron chi connectivity index (χ4n) is 1.95. The second-order valence-electron chi connectivity index (χ2n) is 4.75. The van der Waals surface area contributed by atoms with Crippen LogP contribution in [-0.4, -0.2) is 25.0 Å². The highest BCUT2D eigenvalue weighted by atomic mass is 16.6. The van der Waals surface area contributed by atoms with Crippen molar-refractivity contribution in [2.75, 3.05) is 7.11 Å². The molecule has 5 heteroatoms. The number of nitrogens with two attached hydrogens (primary N) is 1. The van der Waals surface area contributed by atoms with Crippen LogP contribution in [0.3, 0.4) is 0 Å². The van der Waals surface area contributed by atoms with Crippen molar-refractivity contribution >= 4 is 17.4 Å². The number of quaternary nitrogens is 1. The molecule has 0 radical (unpaired) electrons. The Balaban J connectivity index is 2.00. The maximum absolute atomic E-state index is 12.2. The van der Waals surface area contributed by atoms with Gasteiger partial charge in [0.25, 0.3) is 0 Å². The van der Waals surface area contributed by atoms with Crippen LogP contribution in [0.5, 0.6) is 0 Å². The molecular weight excluding hydrogens is 282 g/mol. The van der Waals surface area contributed by atoms with Gasteiger partial charge in [-0.1, -0.05) is 30.3 Å². The highest BCUT2D eigenvalue weighted by molar-refractivity contribution is 6.01. The summed E-state index contributed by atoms with van der Waals surface area (Å²) < 4.78 is 5.22. The molecule has 0 bridgehead atoms. The average Bonchev–Trinajstić information content (AvgIpc) is 2.55. The molecule has 0 spiro atoms. The van der Waals surface area contributed by atoms with Crippen LogP contribution in [-0.2, 0) is 9.57 Å². The molecular formula is C17H18NO4+. The van der Waals surface area contributed by atoms with E-state index in [2.05, 4.69) is 0 Å². The van der Waals surface area contributed by atoms with Crippen molar-refractivity contribution in [2.24, 2.45) is 0 Å². The summed E-state index contributed by atoms with van der Waals surface area (Å²) in [6, 6.07) is 15.5. The smallest absolute Gasteiger partial charge is 0.338 e. The van der Waals surface area contributed by atoms with Crippen molar-refractivity contribution in [3.8, 4) is 0 Å². The summed E-state index contributed by atoms with van der Waals surface area (Å²) in [6.45, 7) is 1.57. The van der Waals surface area contributed by atoms with Crippen molar-refractivity contribution in [1.82, 2.24) is 0 Å². The number of hydrogen-bond acceptors (Lipinski definition) is 4. The second-order valence-corrected chi connectivity index (χ2v) is 4.75. The molecule has 5 nitrogen and oxygen atoms in total. The minimum Gasteiger partial charge on any atom is -0.451 e. The van der Waals surface area contributed by atoms with Gasteiger partial charge in [0.2, 0.25) is 5.78 Å². The van der Waals surface area contributed by atoms with Gasteiger partial charge in [-0.25, -0.2) is 9.63 Å². The summed E-state index contributed by atoms with van der Waals surface area (Å²) in [6.07, 6.45) is -0.833.